The molecule has 7 heteroatoms. The first kappa shape index (κ1) is 22.4. The molecule has 1 fully saturated rings. The lowest BCUT2D eigenvalue weighted by Gasteiger charge is -2.34. The fraction of sp³-hybridized carbons (Fsp3) is 0.524. The van der Waals surface area contributed by atoms with Gasteiger partial charge in [-0.25, -0.2) is 4.79 Å². The number of piperidine rings is 1. The summed E-state index contributed by atoms with van der Waals surface area (Å²) in [5.41, 5.74) is 0.961. The fourth-order valence-corrected chi connectivity index (χ4v) is 3.53. The van der Waals surface area contributed by atoms with Gasteiger partial charge in [0.2, 0.25) is 5.91 Å². The van der Waals surface area contributed by atoms with Gasteiger partial charge >= 0.3 is 5.97 Å². The third kappa shape index (κ3) is 8.00. The van der Waals surface area contributed by atoms with Gasteiger partial charge in [-0.3, -0.25) is 4.79 Å². The molecule has 1 amide bonds. The Morgan fingerprint density at radius 3 is 2.96 bits per heavy atom. The van der Waals surface area contributed by atoms with Gasteiger partial charge in [0.15, 0.2) is 0 Å². The number of carbonyl (C=O) groups is 2. The van der Waals surface area contributed by atoms with Crippen LogP contribution in [0.2, 0.25) is 5.02 Å². The molecule has 6 nitrogen and oxygen atoms in total. The molecule has 0 spiro atoms. The van der Waals surface area contributed by atoms with Crippen molar-refractivity contribution in [1.29, 1.82) is 0 Å². The van der Waals surface area contributed by atoms with E-state index in [1.807, 2.05) is 29.2 Å². The summed E-state index contributed by atoms with van der Waals surface area (Å²) in [6, 6.07) is 7.39. The van der Waals surface area contributed by atoms with E-state index in [0.717, 1.165) is 24.8 Å². The molecule has 0 aliphatic carbocycles. The molecule has 0 aromatic heterocycles. The minimum absolute atomic E-state index is 0.0183. The van der Waals surface area contributed by atoms with Crippen LogP contribution in [0.5, 0.6) is 0 Å². The Morgan fingerprint density at radius 2 is 2.21 bits per heavy atom. The Hall–Kier alpha value is -1.89. The molecule has 2 atom stereocenters. The van der Waals surface area contributed by atoms with E-state index in [2.05, 4.69) is 0 Å². The zero-order valence-corrected chi connectivity index (χ0v) is 16.7. The van der Waals surface area contributed by atoms with Crippen LogP contribution in [0.1, 0.15) is 37.7 Å². The van der Waals surface area contributed by atoms with Gasteiger partial charge in [-0.05, 0) is 43.4 Å². The maximum absolute atomic E-state index is 12.3. The third-order valence-corrected chi connectivity index (χ3v) is 4.90. The number of benzene rings is 1. The van der Waals surface area contributed by atoms with E-state index in [1.54, 1.807) is 12.1 Å². The van der Waals surface area contributed by atoms with E-state index in [-0.39, 0.29) is 18.6 Å². The lowest BCUT2D eigenvalue weighted by Crippen LogP contribution is -2.43. The number of carboxylic acids is 1. The fourth-order valence-electron chi connectivity index (χ4n) is 3.31. The SMILES string of the molecule is O=C(O)COCCCCN1C(=O)CCCC1C=CC(O)Cc1cccc(Cl)c1. The van der Waals surface area contributed by atoms with Gasteiger partial charge in [0.1, 0.15) is 6.61 Å². The largest absolute Gasteiger partial charge is 0.480 e. The summed E-state index contributed by atoms with van der Waals surface area (Å²) in [6.07, 6.45) is 7.23. The monoisotopic (exact) mass is 409 g/mol. The zero-order chi connectivity index (χ0) is 20.4. The van der Waals surface area contributed by atoms with Crippen LogP contribution in [0.25, 0.3) is 0 Å². The molecule has 28 heavy (non-hydrogen) atoms. The average molecular weight is 410 g/mol. The summed E-state index contributed by atoms with van der Waals surface area (Å²) in [5, 5.41) is 19.5. The predicted octanol–water partition coefficient (Wildman–Crippen LogP) is 3.06. The maximum Gasteiger partial charge on any atom is 0.329 e. The number of likely N-dealkylation sites (tertiary alicyclic amines) is 1. The second-order valence-corrected chi connectivity index (χ2v) is 7.42. The molecule has 1 aliphatic rings. The number of hydrogen-bond acceptors (Lipinski definition) is 4. The summed E-state index contributed by atoms with van der Waals surface area (Å²) < 4.78 is 5.02. The van der Waals surface area contributed by atoms with E-state index in [0.29, 0.717) is 37.4 Å². The molecule has 2 N–H and O–H groups in total. The first-order valence-corrected chi connectivity index (χ1v) is 10.0. The van der Waals surface area contributed by atoms with Crippen molar-refractivity contribution in [3.8, 4) is 0 Å². The van der Waals surface area contributed by atoms with Crippen LogP contribution in [0, 0.1) is 0 Å². The molecule has 1 saturated heterocycles. The number of amides is 1. The first-order valence-electron chi connectivity index (χ1n) is 9.65. The minimum atomic E-state index is -0.979. The number of aliphatic hydroxyl groups is 1. The number of ether oxygens (including phenoxy) is 1. The van der Waals surface area contributed by atoms with Crippen molar-refractivity contribution in [1.82, 2.24) is 4.90 Å². The highest BCUT2D eigenvalue weighted by atomic mass is 35.5. The highest BCUT2D eigenvalue weighted by molar-refractivity contribution is 6.30. The minimum Gasteiger partial charge on any atom is -0.480 e. The normalized spacial score (nSPS) is 18.6. The molecule has 1 aromatic rings. The van der Waals surface area contributed by atoms with Crippen molar-refractivity contribution >= 4 is 23.5 Å². The van der Waals surface area contributed by atoms with E-state index >= 15 is 0 Å². The Balaban J connectivity index is 1.82. The number of carboxylic acid groups (broad SMARTS) is 1. The molecule has 0 bridgehead atoms. The molecular formula is C21H28ClNO5. The van der Waals surface area contributed by atoms with Crippen molar-refractivity contribution in [2.75, 3.05) is 19.8 Å². The summed E-state index contributed by atoms with van der Waals surface area (Å²) in [4.78, 5) is 24.6. The van der Waals surface area contributed by atoms with Crippen LogP contribution >= 0.6 is 11.6 Å². The van der Waals surface area contributed by atoms with Crippen LogP contribution in [0.15, 0.2) is 36.4 Å². The number of hydrogen-bond donors (Lipinski definition) is 2. The second kappa shape index (κ2) is 11.8. The van der Waals surface area contributed by atoms with Crippen LogP contribution in [0.3, 0.4) is 0 Å². The van der Waals surface area contributed by atoms with Gasteiger partial charge in [0, 0.05) is 31.0 Å². The zero-order valence-electron chi connectivity index (χ0n) is 15.9. The Labute approximate surface area is 170 Å². The molecule has 1 aliphatic heterocycles. The highest BCUT2D eigenvalue weighted by Gasteiger charge is 2.25. The molecule has 2 rings (SSSR count). The molecule has 2 unspecified atom stereocenters. The smallest absolute Gasteiger partial charge is 0.329 e. The quantitative estimate of drug-likeness (QED) is 0.433. The molecule has 0 saturated carbocycles. The summed E-state index contributed by atoms with van der Waals surface area (Å²) in [6.45, 7) is 0.681. The summed E-state index contributed by atoms with van der Waals surface area (Å²) in [5.74, 6) is -0.857. The number of nitrogens with zero attached hydrogens (tertiary/aromatic N) is 1. The van der Waals surface area contributed by atoms with Gasteiger partial charge in [0.25, 0.3) is 0 Å². The lowest BCUT2D eigenvalue weighted by molar-refractivity contribution is -0.142. The number of halogens is 1. The van der Waals surface area contributed by atoms with E-state index in [1.165, 1.54) is 0 Å². The molecular weight excluding hydrogens is 382 g/mol. The Kier molecular flexibility index (Phi) is 9.47. The number of rotatable bonds is 11. The highest BCUT2D eigenvalue weighted by Crippen LogP contribution is 2.20. The van der Waals surface area contributed by atoms with E-state index in [4.69, 9.17) is 21.4 Å². The average Bonchev–Trinajstić information content (AvgIpc) is 2.64. The molecule has 0 radical (unpaired) electrons. The van der Waals surface area contributed by atoms with Gasteiger partial charge in [0.05, 0.1) is 12.1 Å². The number of aliphatic hydroxyl groups excluding tert-OH is 1. The van der Waals surface area contributed by atoms with Gasteiger partial charge in [-0.2, -0.15) is 0 Å². The van der Waals surface area contributed by atoms with E-state index < -0.39 is 12.1 Å². The van der Waals surface area contributed by atoms with E-state index in [9.17, 15) is 14.7 Å². The number of carbonyl (C=O) groups excluding carboxylic acids is 1. The second-order valence-electron chi connectivity index (χ2n) is 6.99. The maximum atomic E-state index is 12.3. The molecule has 154 valence electrons. The van der Waals surface area contributed by atoms with Crippen LogP contribution < -0.4 is 0 Å². The first-order chi connectivity index (χ1) is 13.5. The Bertz CT molecular complexity index is 679. The van der Waals surface area contributed by atoms with Gasteiger partial charge in [-0.15, -0.1) is 0 Å². The van der Waals surface area contributed by atoms with Crippen molar-refractivity contribution in [2.24, 2.45) is 0 Å². The van der Waals surface area contributed by atoms with Crippen LogP contribution in [-0.4, -0.2) is 58.9 Å². The van der Waals surface area contributed by atoms with Crippen LogP contribution in [0.4, 0.5) is 0 Å². The van der Waals surface area contributed by atoms with Crippen molar-refractivity contribution in [2.45, 2.75) is 50.7 Å². The van der Waals surface area contributed by atoms with Crippen molar-refractivity contribution in [3.63, 3.8) is 0 Å². The standard InChI is InChI=1S/C21H28ClNO5/c22-17-6-3-5-16(13-17)14-19(24)10-9-18-7-4-8-20(25)23(18)11-1-2-12-28-15-21(26)27/h3,5-6,9-10,13,18-19,24H,1-2,4,7-8,11-12,14-15H2,(H,26,27). The van der Waals surface area contributed by atoms with Crippen molar-refractivity contribution in [3.05, 3.63) is 47.0 Å². The van der Waals surface area contributed by atoms with Crippen LogP contribution in [-0.2, 0) is 20.7 Å². The number of unbranched alkanes of at least 4 members (excludes halogenated alkanes) is 1. The summed E-state index contributed by atoms with van der Waals surface area (Å²) >= 11 is 5.98. The predicted molar refractivity (Wildman–Crippen MR) is 107 cm³/mol. The lowest BCUT2D eigenvalue weighted by atomic mass is 9.99. The van der Waals surface area contributed by atoms with Crippen molar-refractivity contribution < 1.29 is 24.5 Å². The number of aliphatic carboxylic acids is 1. The Morgan fingerprint density at radius 1 is 1.39 bits per heavy atom. The van der Waals surface area contributed by atoms with Gasteiger partial charge in [-0.1, -0.05) is 35.9 Å². The topological polar surface area (TPSA) is 87.1 Å². The molecule has 1 heterocycles. The summed E-state index contributed by atoms with van der Waals surface area (Å²) in [7, 11) is 0. The third-order valence-electron chi connectivity index (χ3n) is 4.66. The van der Waals surface area contributed by atoms with Gasteiger partial charge < -0.3 is 19.8 Å². The molecule has 1 aromatic carbocycles.